The van der Waals surface area contributed by atoms with E-state index in [0.29, 0.717) is 41.5 Å². The Bertz CT molecular complexity index is 972. The van der Waals surface area contributed by atoms with Crippen molar-refractivity contribution in [1.82, 2.24) is 4.90 Å². The Labute approximate surface area is 189 Å². The largest absolute Gasteiger partial charge is 0.496 e. The molecule has 8 heteroatoms. The Morgan fingerprint density at radius 1 is 1.13 bits per heavy atom. The number of halogens is 2. The molecule has 0 spiro atoms. The highest BCUT2D eigenvalue weighted by Crippen LogP contribution is 2.40. The monoisotopic (exact) mass is 465 g/mol. The number of piperidine rings is 1. The van der Waals surface area contributed by atoms with E-state index in [-0.39, 0.29) is 11.8 Å². The molecule has 0 aliphatic carbocycles. The first kappa shape index (κ1) is 22.5. The fourth-order valence-electron chi connectivity index (χ4n) is 3.18. The molecule has 158 valence electrons. The summed E-state index contributed by atoms with van der Waals surface area (Å²) in [6.45, 7) is 0.867. The molecule has 0 bridgehead atoms. The Hall–Kier alpha value is -2.15. The van der Waals surface area contributed by atoms with Gasteiger partial charge in [0.15, 0.2) is 0 Å². The van der Waals surface area contributed by atoms with Gasteiger partial charge in [0.05, 0.1) is 22.9 Å². The first-order valence-electron chi connectivity index (χ1n) is 9.38. The van der Waals surface area contributed by atoms with Crippen molar-refractivity contribution in [2.75, 3.05) is 20.2 Å². The van der Waals surface area contributed by atoms with E-state index >= 15 is 0 Å². The van der Waals surface area contributed by atoms with Gasteiger partial charge in [0.2, 0.25) is 5.91 Å². The number of ether oxygens (including phenoxy) is 1. The number of nitrogens with zero attached hydrogens (tertiary/aromatic N) is 1. The van der Waals surface area contributed by atoms with Crippen LogP contribution >= 0.6 is 35.0 Å². The number of amides is 1. The van der Waals surface area contributed by atoms with E-state index in [2.05, 4.69) is 0 Å². The van der Waals surface area contributed by atoms with Crippen LogP contribution in [0, 0.1) is 5.92 Å². The molecule has 0 aromatic heterocycles. The molecule has 1 amide bonds. The predicted molar refractivity (Wildman–Crippen MR) is 120 cm³/mol. The molecule has 0 saturated carbocycles. The van der Waals surface area contributed by atoms with E-state index < -0.39 is 5.97 Å². The van der Waals surface area contributed by atoms with E-state index in [1.54, 1.807) is 30.2 Å². The summed E-state index contributed by atoms with van der Waals surface area (Å²) in [5.41, 5.74) is 0.639. The molecule has 0 radical (unpaired) electrons. The number of benzene rings is 2. The van der Waals surface area contributed by atoms with Crippen molar-refractivity contribution >= 4 is 52.9 Å². The van der Waals surface area contributed by atoms with Gasteiger partial charge in [-0.05, 0) is 48.7 Å². The minimum atomic E-state index is -0.801. The number of rotatable bonds is 6. The molecule has 2 aromatic carbocycles. The number of carboxylic acid groups (broad SMARTS) is 1. The number of carbonyl (C=O) groups is 2. The number of hydrogen-bond donors (Lipinski definition) is 1. The summed E-state index contributed by atoms with van der Waals surface area (Å²) in [7, 11) is 1.61. The second-order valence-corrected chi connectivity index (χ2v) is 8.73. The van der Waals surface area contributed by atoms with Gasteiger partial charge in [-0.1, -0.05) is 47.1 Å². The van der Waals surface area contributed by atoms with Crippen molar-refractivity contribution in [3.63, 3.8) is 0 Å². The maximum absolute atomic E-state index is 12.4. The molecule has 3 rings (SSSR count). The normalized spacial score (nSPS) is 14.8. The molecule has 1 saturated heterocycles. The summed E-state index contributed by atoms with van der Waals surface area (Å²) in [5.74, 6) is -0.598. The van der Waals surface area contributed by atoms with Crippen LogP contribution in [0.1, 0.15) is 18.4 Å². The number of aliphatic carboxylic acids is 1. The number of para-hydroxylation sites is 1. The lowest BCUT2D eigenvalue weighted by Crippen LogP contribution is -2.39. The third-order valence-electron chi connectivity index (χ3n) is 4.90. The molecule has 1 aliphatic heterocycles. The van der Waals surface area contributed by atoms with E-state index in [1.807, 2.05) is 24.3 Å². The third kappa shape index (κ3) is 5.50. The summed E-state index contributed by atoms with van der Waals surface area (Å²) < 4.78 is 5.37. The first-order valence-corrected chi connectivity index (χ1v) is 11.0. The summed E-state index contributed by atoms with van der Waals surface area (Å²) in [5, 5.41) is 10.1. The van der Waals surface area contributed by atoms with E-state index in [9.17, 15) is 9.59 Å². The lowest BCUT2D eigenvalue weighted by Gasteiger charge is -2.29. The van der Waals surface area contributed by atoms with Gasteiger partial charge in [0.25, 0.3) is 0 Å². The van der Waals surface area contributed by atoms with Crippen LogP contribution in [0.25, 0.3) is 6.08 Å². The summed E-state index contributed by atoms with van der Waals surface area (Å²) in [4.78, 5) is 26.8. The Balaban J connectivity index is 1.69. The minimum Gasteiger partial charge on any atom is -0.496 e. The molecule has 0 unspecified atom stereocenters. The molecule has 2 aromatic rings. The highest BCUT2D eigenvalue weighted by Gasteiger charge is 2.26. The van der Waals surface area contributed by atoms with Crippen LogP contribution in [0.15, 0.2) is 52.3 Å². The molecule has 1 heterocycles. The number of methoxy groups -OCH3 is 1. The van der Waals surface area contributed by atoms with Crippen LogP contribution in [-0.4, -0.2) is 42.1 Å². The molecule has 0 atom stereocenters. The molecular formula is C22H21Cl2NO4S. The SMILES string of the molecule is COc1ccccc1Sc1cc(Cl)c(/C=C/C(=O)N2CCC(C(=O)O)CC2)cc1Cl. The zero-order chi connectivity index (χ0) is 21.7. The summed E-state index contributed by atoms with van der Waals surface area (Å²) in [6, 6.07) is 11.1. The maximum Gasteiger partial charge on any atom is 0.306 e. The van der Waals surface area contributed by atoms with Crippen LogP contribution in [0.3, 0.4) is 0 Å². The molecule has 1 N–H and O–H groups in total. The fraction of sp³-hybridized carbons (Fsp3) is 0.273. The van der Waals surface area contributed by atoms with Crippen molar-refractivity contribution in [2.45, 2.75) is 22.6 Å². The van der Waals surface area contributed by atoms with Gasteiger partial charge >= 0.3 is 5.97 Å². The summed E-state index contributed by atoms with van der Waals surface area (Å²) >= 11 is 14.3. The van der Waals surface area contributed by atoms with Crippen molar-refractivity contribution < 1.29 is 19.4 Å². The number of carbonyl (C=O) groups excluding carboxylic acids is 1. The van der Waals surface area contributed by atoms with Crippen LogP contribution in [-0.2, 0) is 9.59 Å². The predicted octanol–water partition coefficient (Wildman–Crippen LogP) is 5.49. The topological polar surface area (TPSA) is 66.8 Å². The lowest BCUT2D eigenvalue weighted by molar-refractivity contribution is -0.144. The highest BCUT2D eigenvalue weighted by molar-refractivity contribution is 7.99. The fourth-order valence-corrected chi connectivity index (χ4v) is 4.73. The zero-order valence-corrected chi connectivity index (χ0v) is 18.6. The average molecular weight is 466 g/mol. The number of likely N-dealkylation sites (tertiary alicyclic amines) is 1. The molecule has 5 nitrogen and oxygen atoms in total. The van der Waals surface area contributed by atoms with Crippen LogP contribution in [0.4, 0.5) is 0 Å². The second-order valence-electron chi connectivity index (χ2n) is 6.83. The summed E-state index contributed by atoms with van der Waals surface area (Å²) in [6.07, 6.45) is 4.02. The first-order chi connectivity index (χ1) is 14.4. The third-order valence-corrected chi connectivity index (χ3v) is 6.77. The van der Waals surface area contributed by atoms with Gasteiger partial charge in [-0.2, -0.15) is 0 Å². The van der Waals surface area contributed by atoms with Gasteiger partial charge < -0.3 is 14.7 Å². The Morgan fingerprint density at radius 3 is 2.50 bits per heavy atom. The van der Waals surface area contributed by atoms with E-state index in [0.717, 1.165) is 15.5 Å². The van der Waals surface area contributed by atoms with Gasteiger partial charge in [-0.25, -0.2) is 0 Å². The number of hydrogen-bond acceptors (Lipinski definition) is 4. The minimum absolute atomic E-state index is 0.168. The molecule has 30 heavy (non-hydrogen) atoms. The van der Waals surface area contributed by atoms with Gasteiger partial charge in [-0.3, -0.25) is 9.59 Å². The molecule has 1 fully saturated rings. The van der Waals surface area contributed by atoms with Gasteiger partial charge in [-0.15, -0.1) is 0 Å². The quantitative estimate of drug-likeness (QED) is 0.571. The Kier molecular flexibility index (Phi) is 7.69. The van der Waals surface area contributed by atoms with Crippen LogP contribution in [0.5, 0.6) is 5.75 Å². The highest BCUT2D eigenvalue weighted by atomic mass is 35.5. The lowest BCUT2D eigenvalue weighted by atomic mass is 9.97. The Morgan fingerprint density at radius 2 is 1.83 bits per heavy atom. The van der Waals surface area contributed by atoms with E-state index in [4.69, 9.17) is 33.0 Å². The van der Waals surface area contributed by atoms with Crippen molar-refractivity contribution in [1.29, 1.82) is 0 Å². The van der Waals surface area contributed by atoms with Crippen molar-refractivity contribution in [3.05, 3.63) is 58.1 Å². The molecular weight excluding hydrogens is 445 g/mol. The number of carboxylic acids is 1. The van der Waals surface area contributed by atoms with Crippen molar-refractivity contribution in [2.24, 2.45) is 5.92 Å². The standard InChI is InChI=1S/C22H21Cl2NO4S/c1-29-18-4-2-3-5-19(18)30-20-13-16(23)15(12-17(20)24)6-7-21(26)25-10-8-14(9-11-25)22(27)28/h2-7,12-14H,8-11H2,1H3,(H,27,28)/b7-6+. The zero-order valence-electron chi connectivity index (χ0n) is 16.3. The van der Waals surface area contributed by atoms with E-state index in [1.165, 1.54) is 17.8 Å². The average Bonchev–Trinajstić information content (AvgIpc) is 2.75. The second kappa shape index (κ2) is 10.2. The van der Waals surface area contributed by atoms with Crippen LogP contribution < -0.4 is 4.74 Å². The van der Waals surface area contributed by atoms with Gasteiger partial charge in [0.1, 0.15) is 5.75 Å². The smallest absolute Gasteiger partial charge is 0.306 e. The van der Waals surface area contributed by atoms with Crippen LogP contribution in [0.2, 0.25) is 10.0 Å². The van der Waals surface area contributed by atoms with Gasteiger partial charge in [0, 0.05) is 29.1 Å². The molecule has 1 aliphatic rings. The maximum atomic E-state index is 12.4. The van der Waals surface area contributed by atoms with Crippen molar-refractivity contribution in [3.8, 4) is 5.75 Å².